The maximum absolute atomic E-state index is 11.5. The van der Waals surface area contributed by atoms with E-state index in [9.17, 15) is 4.79 Å². The molecule has 0 radical (unpaired) electrons. The van der Waals surface area contributed by atoms with Gasteiger partial charge in [-0.25, -0.2) is 14.8 Å². The Kier molecular flexibility index (Phi) is 13.5. The first-order valence-electron chi connectivity index (χ1n) is 12.6. The van der Waals surface area contributed by atoms with Crippen LogP contribution in [-0.2, 0) is 22.6 Å². The lowest BCUT2D eigenvalue weighted by atomic mass is 10.2. The number of hydrogen-bond donors (Lipinski definition) is 4. The first kappa shape index (κ1) is 32.9. The molecule has 2 aromatic heterocycles. The van der Waals surface area contributed by atoms with Gasteiger partial charge in [0.1, 0.15) is 11.6 Å². The topological polar surface area (TPSA) is 154 Å². The lowest BCUT2D eigenvalue weighted by Crippen LogP contribution is -2.08. The van der Waals surface area contributed by atoms with Crippen molar-refractivity contribution in [1.82, 2.24) is 19.9 Å². The number of carbonyl (C=O) groups is 1. The van der Waals surface area contributed by atoms with E-state index in [0.29, 0.717) is 36.2 Å². The third-order valence-corrected chi connectivity index (χ3v) is 6.76. The zero-order chi connectivity index (χ0) is 28.9. The molecule has 0 fully saturated rings. The molecule has 0 saturated carbocycles. The van der Waals surface area contributed by atoms with Gasteiger partial charge in [-0.15, -0.1) is 0 Å². The van der Waals surface area contributed by atoms with Gasteiger partial charge in [0.15, 0.2) is 0 Å². The Labute approximate surface area is 255 Å². The van der Waals surface area contributed by atoms with E-state index >= 15 is 0 Å². The van der Waals surface area contributed by atoms with Crippen LogP contribution in [0.25, 0.3) is 6.08 Å². The summed E-state index contributed by atoms with van der Waals surface area (Å²) in [5.74, 6) is 1.46. The molecule has 0 saturated heterocycles. The van der Waals surface area contributed by atoms with E-state index in [0.717, 1.165) is 27.2 Å². The number of aromatic nitrogens is 4. The summed E-state index contributed by atoms with van der Waals surface area (Å²) in [7, 11) is 0. The first-order valence-corrected chi connectivity index (χ1v) is 13.7. The Morgan fingerprint density at radius 1 is 0.829 bits per heavy atom. The molecule has 4 rings (SSSR count). The highest BCUT2D eigenvalue weighted by Gasteiger charge is 2.09. The molecule has 11 heteroatoms. The molecular weight excluding hydrogens is 631 g/mol. The van der Waals surface area contributed by atoms with E-state index in [2.05, 4.69) is 65.3 Å². The number of halogens is 1. The van der Waals surface area contributed by atoms with Crippen LogP contribution in [0.3, 0.4) is 0 Å². The van der Waals surface area contributed by atoms with Crippen molar-refractivity contribution >= 4 is 58.2 Å². The fraction of sp³-hybridized carbons (Fsp3) is 0.233. The second kappa shape index (κ2) is 16.8. The molecule has 41 heavy (non-hydrogen) atoms. The monoisotopic (exact) mass is 668 g/mol. The summed E-state index contributed by atoms with van der Waals surface area (Å²) in [6.07, 6.45) is 3.00. The van der Waals surface area contributed by atoms with Crippen LogP contribution in [0.5, 0.6) is 0 Å². The van der Waals surface area contributed by atoms with E-state index in [1.165, 1.54) is 11.6 Å². The number of esters is 1. The molecule has 0 aliphatic carbocycles. The molecular formula is C30H37IN8O2. The summed E-state index contributed by atoms with van der Waals surface area (Å²) in [5.41, 5.74) is 16.0. The number of nitrogens with zero attached hydrogens (tertiary/aromatic N) is 4. The van der Waals surface area contributed by atoms with Gasteiger partial charge >= 0.3 is 5.97 Å². The van der Waals surface area contributed by atoms with E-state index < -0.39 is 5.97 Å². The number of hydrogen-bond acceptors (Lipinski definition) is 10. The summed E-state index contributed by atoms with van der Waals surface area (Å²) < 4.78 is 5.89. The SMILES string of the molecule is C.CCOC(=O)/C=C/c1c(C)nc(N)nc1NCc1ccccc1.Cc1nc(N)nc(NCc2ccccc2)c1I. The van der Waals surface area contributed by atoms with Crippen LogP contribution in [0.4, 0.5) is 23.5 Å². The molecule has 0 spiro atoms. The van der Waals surface area contributed by atoms with Gasteiger partial charge in [-0.3, -0.25) is 0 Å². The zero-order valence-corrected chi connectivity index (χ0v) is 24.8. The van der Waals surface area contributed by atoms with E-state index in [4.69, 9.17) is 16.2 Å². The number of carbonyl (C=O) groups excluding carboxylic acids is 1. The second-order valence-electron chi connectivity index (χ2n) is 8.52. The zero-order valence-electron chi connectivity index (χ0n) is 22.7. The number of ether oxygens (including phenoxy) is 1. The number of anilines is 4. The second-order valence-corrected chi connectivity index (χ2v) is 9.60. The van der Waals surface area contributed by atoms with Gasteiger partial charge in [0.05, 0.1) is 21.6 Å². The predicted octanol–water partition coefficient (Wildman–Crippen LogP) is 5.78. The van der Waals surface area contributed by atoms with Crippen molar-refractivity contribution in [3.63, 3.8) is 0 Å². The van der Waals surface area contributed by atoms with Crippen LogP contribution in [0.1, 0.15) is 42.4 Å². The molecule has 2 aromatic carbocycles. The lowest BCUT2D eigenvalue weighted by Gasteiger charge is -2.11. The number of aryl methyl sites for hydroxylation is 2. The minimum atomic E-state index is -0.405. The smallest absolute Gasteiger partial charge is 0.330 e. The van der Waals surface area contributed by atoms with E-state index in [-0.39, 0.29) is 13.4 Å². The maximum Gasteiger partial charge on any atom is 0.330 e. The van der Waals surface area contributed by atoms with Crippen LogP contribution < -0.4 is 22.1 Å². The minimum absolute atomic E-state index is 0. The van der Waals surface area contributed by atoms with Crippen LogP contribution in [-0.4, -0.2) is 32.5 Å². The molecule has 0 aliphatic heterocycles. The Balaban J connectivity index is 0.000000292. The Hall–Kier alpha value is -4.26. The van der Waals surface area contributed by atoms with Crippen molar-refractivity contribution in [2.24, 2.45) is 0 Å². The summed E-state index contributed by atoms with van der Waals surface area (Å²) in [5, 5.41) is 6.50. The summed E-state index contributed by atoms with van der Waals surface area (Å²) >= 11 is 2.22. The Morgan fingerprint density at radius 2 is 1.32 bits per heavy atom. The summed E-state index contributed by atoms with van der Waals surface area (Å²) in [4.78, 5) is 28.2. The standard InChI is InChI=1S/C17H20N4O2.C12H13IN4.CH4/c1-3-23-15(22)10-9-14-12(2)20-17(18)21-16(14)19-11-13-7-5-4-6-8-13;1-8-10(13)11(17-12(14)16-8)15-7-9-5-3-2-4-6-9;/h4-10H,3,11H2,1-2H3,(H3,18,19,20,21);2-6H,7H2,1H3,(H3,14,15,16,17);1H4/b10-9+;;. The van der Waals surface area contributed by atoms with Gasteiger partial charge in [-0.05, 0) is 60.6 Å². The molecule has 0 aliphatic rings. The molecule has 0 amide bonds. The third kappa shape index (κ3) is 10.7. The average Bonchev–Trinajstić information content (AvgIpc) is 2.94. The van der Waals surface area contributed by atoms with Gasteiger partial charge in [-0.2, -0.15) is 9.97 Å². The Morgan fingerprint density at radius 3 is 1.85 bits per heavy atom. The van der Waals surface area contributed by atoms with Gasteiger partial charge in [0.25, 0.3) is 0 Å². The van der Waals surface area contributed by atoms with Crippen LogP contribution in [0, 0.1) is 17.4 Å². The average molecular weight is 669 g/mol. The minimum Gasteiger partial charge on any atom is -0.463 e. The summed E-state index contributed by atoms with van der Waals surface area (Å²) in [6, 6.07) is 20.1. The molecule has 0 atom stereocenters. The van der Waals surface area contributed by atoms with Crippen molar-refractivity contribution in [1.29, 1.82) is 0 Å². The summed E-state index contributed by atoms with van der Waals surface area (Å²) in [6.45, 7) is 7.16. The van der Waals surface area contributed by atoms with Crippen molar-refractivity contribution in [3.05, 3.63) is 98.4 Å². The molecule has 2 heterocycles. The largest absolute Gasteiger partial charge is 0.463 e. The van der Waals surface area contributed by atoms with Crippen LogP contribution >= 0.6 is 22.6 Å². The van der Waals surface area contributed by atoms with Crippen molar-refractivity contribution in [2.45, 2.75) is 41.3 Å². The number of rotatable bonds is 9. The Bertz CT molecular complexity index is 1430. The lowest BCUT2D eigenvalue weighted by molar-refractivity contribution is -0.137. The molecule has 6 N–H and O–H groups in total. The van der Waals surface area contributed by atoms with E-state index in [1.807, 2.05) is 62.4 Å². The molecule has 10 nitrogen and oxygen atoms in total. The number of nitrogens with one attached hydrogen (secondary N) is 2. The fourth-order valence-electron chi connectivity index (χ4n) is 3.54. The van der Waals surface area contributed by atoms with Gasteiger partial charge in [0, 0.05) is 24.7 Å². The van der Waals surface area contributed by atoms with Crippen molar-refractivity contribution < 1.29 is 9.53 Å². The van der Waals surface area contributed by atoms with Gasteiger partial charge in [-0.1, -0.05) is 68.1 Å². The highest BCUT2D eigenvalue weighted by Crippen LogP contribution is 2.21. The number of benzene rings is 2. The highest BCUT2D eigenvalue weighted by atomic mass is 127. The number of nitrogens with two attached hydrogens (primary N) is 2. The van der Waals surface area contributed by atoms with Gasteiger partial charge in [0.2, 0.25) is 11.9 Å². The first-order chi connectivity index (χ1) is 19.3. The molecule has 0 bridgehead atoms. The molecule has 4 aromatic rings. The molecule has 216 valence electrons. The van der Waals surface area contributed by atoms with Gasteiger partial charge < -0.3 is 26.8 Å². The third-order valence-electron chi connectivity index (χ3n) is 5.47. The number of nitrogen functional groups attached to an aromatic ring is 2. The highest BCUT2D eigenvalue weighted by molar-refractivity contribution is 14.1. The quantitative estimate of drug-likeness (QED) is 0.0981. The van der Waals surface area contributed by atoms with Crippen molar-refractivity contribution in [2.75, 3.05) is 28.7 Å². The fourth-order valence-corrected chi connectivity index (χ4v) is 3.97. The maximum atomic E-state index is 11.5. The van der Waals surface area contributed by atoms with E-state index in [1.54, 1.807) is 13.0 Å². The normalized spacial score (nSPS) is 10.2. The predicted molar refractivity (Wildman–Crippen MR) is 175 cm³/mol. The van der Waals surface area contributed by atoms with Crippen molar-refractivity contribution in [3.8, 4) is 0 Å². The van der Waals surface area contributed by atoms with Crippen LogP contribution in [0.2, 0.25) is 0 Å². The molecule has 0 unspecified atom stereocenters. The van der Waals surface area contributed by atoms with Crippen LogP contribution in [0.15, 0.2) is 66.7 Å².